The van der Waals surface area contributed by atoms with Crippen molar-refractivity contribution in [1.82, 2.24) is 20.2 Å². The molecule has 0 aliphatic carbocycles. The highest BCUT2D eigenvalue weighted by atomic mass is 32.2. The van der Waals surface area contributed by atoms with Crippen LogP contribution in [0, 0.1) is 34.0 Å². The van der Waals surface area contributed by atoms with E-state index >= 15 is 8.78 Å². The van der Waals surface area contributed by atoms with E-state index in [0.29, 0.717) is 69.5 Å². The zero-order valence-electron chi connectivity index (χ0n) is 37.3. The number of hydrogen-bond donors (Lipinski definition) is 2. The smallest absolute Gasteiger partial charge is 0.381 e. The molecule has 5 fully saturated rings. The van der Waals surface area contributed by atoms with Crippen molar-refractivity contribution in [2.24, 2.45) is 17.8 Å². The van der Waals surface area contributed by atoms with E-state index in [-0.39, 0.29) is 82.1 Å². The van der Waals surface area contributed by atoms with Crippen LogP contribution in [0.25, 0.3) is 10.8 Å². The van der Waals surface area contributed by atoms with Gasteiger partial charge in [-0.2, -0.15) is 14.0 Å². The maximum absolute atomic E-state index is 16.6. The molecule has 6 heterocycles. The van der Waals surface area contributed by atoms with Crippen molar-refractivity contribution in [1.29, 1.82) is 5.26 Å². The summed E-state index contributed by atoms with van der Waals surface area (Å²) in [4.78, 5) is 84.3. The van der Waals surface area contributed by atoms with Crippen molar-refractivity contribution in [3.8, 4) is 6.07 Å². The molecule has 2 amide bonds. The number of thioether (sulfide) groups is 2. The number of H-pyrrole nitrogens is 1. The van der Waals surface area contributed by atoms with Crippen LogP contribution in [-0.2, 0) is 43.1 Å². The molecule has 17 nitrogen and oxygen atoms in total. The Hall–Kier alpha value is -4.55. The quantitative estimate of drug-likeness (QED) is 0.0763. The standard InChI is InChI=1S/C46H53F2N6O11PS2/c47-46(48,66(61,64-13-15-67-42(56)17-29-25-62-26-29)65-14-16-68-43(57)18-30-27-63-28-30)36-8-7-31-5-6-33(19-34(31)20-36)44(58)51-39-4-2-1-3-37-9-10-41(53(37)45(39)59)54(60)52-23-35(22-49)38(24-52)32-11-12-50-40(55)21-32/h5-8,11-12,19-21,29-30,35,37-39,41H,1-4,9-10,13-18,23-28H2,(H-,50,51,55,58)/p+1/t35-,37-,38+,39-,41+/m0/s1. The van der Waals surface area contributed by atoms with Crippen molar-refractivity contribution in [2.45, 2.75) is 81.2 Å². The summed E-state index contributed by atoms with van der Waals surface area (Å²) in [5.74, 6) is -1.92. The number of halogens is 2. The molecule has 2 N–H and O–H groups in total. The number of nitrogens with zero attached hydrogens (tertiary/aromatic N) is 4. The van der Waals surface area contributed by atoms with Gasteiger partial charge in [-0.25, -0.2) is 0 Å². The van der Waals surface area contributed by atoms with Crippen molar-refractivity contribution >= 4 is 63.9 Å². The number of amides is 2. The van der Waals surface area contributed by atoms with Crippen molar-refractivity contribution in [2.75, 3.05) is 64.2 Å². The number of aromatic amines is 1. The molecular formula is C46H54F2N6O11PS2+. The Balaban J connectivity index is 0.948. The van der Waals surface area contributed by atoms with E-state index in [9.17, 15) is 38.7 Å². The fourth-order valence-electron chi connectivity index (χ4n) is 9.34. The number of rotatable bonds is 19. The molecule has 5 aliphatic heterocycles. The Labute approximate surface area is 399 Å². The number of carbonyl (C=O) groups is 4. The Kier molecular flexibility index (Phi) is 16.2. The predicted molar refractivity (Wildman–Crippen MR) is 248 cm³/mol. The molecule has 2 aromatic carbocycles. The van der Waals surface area contributed by atoms with Gasteiger partial charge in [0.2, 0.25) is 5.56 Å². The number of hydrazine groups is 1. The number of aromatic nitrogens is 1. The summed E-state index contributed by atoms with van der Waals surface area (Å²) in [6.07, 6.45) is 4.46. The Morgan fingerprint density at radius 1 is 0.882 bits per heavy atom. The molecule has 22 heteroatoms. The first kappa shape index (κ1) is 49.9. The van der Waals surface area contributed by atoms with E-state index in [1.54, 1.807) is 17.0 Å². The molecule has 0 spiro atoms. The summed E-state index contributed by atoms with van der Waals surface area (Å²) in [6.45, 7) is 1.22. The molecule has 1 aromatic heterocycles. The Morgan fingerprint density at radius 3 is 2.18 bits per heavy atom. The maximum Gasteiger partial charge on any atom is 0.404 e. The largest absolute Gasteiger partial charge is 0.404 e. The summed E-state index contributed by atoms with van der Waals surface area (Å²) >= 11 is 1.76. The fraction of sp³-hybridized carbons (Fsp3) is 0.565. The summed E-state index contributed by atoms with van der Waals surface area (Å²) in [7, 11) is -5.31. The molecule has 0 saturated carbocycles. The maximum atomic E-state index is 16.6. The van der Waals surface area contributed by atoms with Crippen molar-refractivity contribution in [3.63, 3.8) is 0 Å². The van der Waals surface area contributed by atoms with Gasteiger partial charge in [-0.15, -0.1) is 5.01 Å². The van der Waals surface area contributed by atoms with Crippen LogP contribution in [0.15, 0.2) is 59.5 Å². The van der Waals surface area contributed by atoms with Gasteiger partial charge in [-0.05, 0) is 59.9 Å². The summed E-state index contributed by atoms with van der Waals surface area (Å²) in [5.41, 5.74) is -4.52. The first-order valence-corrected chi connectivity index (χ1v) is 26.4. The van der Waals surface area contributed by atoms with Gasteiger partial charge in [0.15, 0.2) is 10.2 Å². The average molecular weight is 1000 g/mol. The third kappa shape index (κ3) is 11.4. The van der Waals surface area contributed by atoms with Crippen LogP contribution in [-0.4, -0.2) is 124 Å². The molecule has 5 saturated heterocycles. The summed E-state index contributed by atoms with van der Waals surface area (Å²) < 4.78 is 68.4. The van der Waals surface area contributed by atoms with Crippen LogP contribution < -0.4 is 10.9 Å². The minimum atomic E-state index is -5.31. The van der Waals surface area contributed by atoms with E-state index in [4.69, 9.17) is 18.5 Å². The highest BCUT2D eigenvalue weighted by Gasteiger charge is 2.56. The minimum absolute atomic E-state index is 0.0546. The molecule has 364 valence electrons. The van der Waals surface area contributed by atoms with Crippen LogP contribution in [0.4, 0.5) is 8.78 Å². The average Bonchev–Trinajstić information content (AvgIpc) is 3.93. The number of hydrogen-bond acceptors (Lipinski definition) is 14. The monoisotopic (exact) mass is 999 g/mol. The topological polar surface area (TPSA) is 218 Å². The van der Waals surface area contributed by atoms with E-state index in [1.807, 2.05) is 0 Å². The number of nitrogens with one attached hydrogen (secondary N) is 2. The van der Waals surface area contributed by atoms with Crippen LogP contribution in [0.2, 0.25) is 0 Å². The molecule has 68 heavy (non-hydrogen) atoms. The Morgan fingerprint density at radius 2 is 1.54 bits per heavy atom. The molecule has 8 rings (SSSR count). The lowest BCUT2D eigenvalue weighted by molar-refractivity contribution is -0.743. The second-order valence-electron chi connectivity index (χ2n) is 17.9. The zero-order chi connectivity index (χ0) is 48.0. The highest BCUT2D eigenvalue weighted by molar-refractivity contribution is 8.13. The number of fused-ring (bicyclic) bond motifs is 2. The lowest BCUT2D eigenvalue weighted by Crippen LogP contribution is -2.57. The predicted octanol–water partition coefficient (Wildman–Crippen LogP) is 6.32. The molecule has 0 radical (unpaired) electrons. The number of pyridine rings is 1. The first-order chi connectivity index (χ1) is 32.7. The SMILES string of the molecule is N#C[C@H]1CN([N+](=O)[C@@H]2CC[C@@H]3CCCC[C@H](NC(=O)c4ccc5ccc(C(F)(F)P(=O)(OCCSC(=O)CC6COC6)OCCSC(=O)CC6COC6)cc5c4)C(=O)N32)C[C@@H]1c1cc[nH]c(=O)c1. The van der Waals surface area contributed by atoms with E-state index in [1.165, 1.54) is 35.5 Å². The zero-order valence-corrected chi connectivity index (χ0v) is 39.8. The number of ether oxygens (including phenoxy) is 2. The number of carbonyl (C=O) groups excluding carboxylic acids is 4. The molecular weight excluding hydrogens is 946 g/mol. The highest BCUT2D eigenvalue weighted by Crippen LogP contribution is 2.67. The molecule has 0 unspecified atom stereocenters. The van der Waals surface area contributed by atoms with Gasteiger partial charge in [0.05, 0.1) is 69.6 Å². The molecule has 0 bridgehead atoms. The van der Waals surface area contributed by atoms with Gasteiger partial charge in [-0.3, -0.25) is 33.4 Å². The number of nitroso groups, excluding NO2 is 1. The van der Waals surface area contributed by atoms with Crippen LogP contribution >= 0.6 is 31.1 Å². The van der Waals surface area contributed by atoms with E-state index in [0.717, 1.165) is 46.9 Å². The second kappa shape index (κ2) is 22.0. The lowest BCUT2D eigenvalue weighted by atomic mass is 9.91. The lowest BCUT2D eigenvalue weighted by Gasteiger charge is -2.32. The molecule has 3 aromatic rings. The third-order valence-corrected chi connectivity index (χ3v) is 16.9. The summed E-state index contributed by atoms with van der Waals surface area (Å²) in [5, 5.41) is 14.7. The van der Waals surface area contributed by atoms with Gasteiger partial charge in [0.25, 0.3) is 11.8 Å². The molecule has 5 atom stereocenters. The van der Waals surface area contributed by atoms with Gasteiger partial charge < -0.3 is 28.8 Å². The van der Waals surface area contributed by atoms with Crippen LogP contribution in [0.3, 0.4) is 0 Å². The van der Waals surface area contributed by atoms with E-state index in [2.05, 4.69) is 16.4 Å². The van der Waals surface area contributed by atoms with Gasteiger partial charge in [-0.1, -0.05) is 54.6 Å². The second-order valence-corrected chi connectivity index (χ2v) is 22.3. The normalized spacial score (nSPS) is 23.5. The van der Waals surface area contributed by atoms with Crippen LogP contribution in [0.5, 0.6) is 0 Å². The van der Waals surface area contributed by atoms with E-state index < -0.39 is 67.9 Å². The van der Waals surface area contributed by atoms with Crippen molar-refractivity contribution in [3.05, 3.63) is 86.7 Å². The summed E-state index contributed by atoms with van der Waals surface area (Å²) in [6, 6.07) is 12.2. The first-order valence-electron chi connectivity index (χ1n) is 22.9. The fourth-order valence-corrected chi connectivity index (χ4v) is 12.6. The number of benzene rings is 2. The number of alkyl halides is 2. The number of nitriles is 1. The molecule has 5 aliphatic rings. The van der Waals surface area contributed by atoms with Gasteiger partial charge in [0.1, 0.15) is 10.9 Å². The Bertz CT molecular complexity index is 2500. The van der Waals surface area contributed by atoms with Crippen molar-refractivity contribution < 1.29 is 55.9 Å². The third-order valence-electron chi connectivity index (χ3n) is 13.2. The van der Waals surface area contributed by atoms with Crippen LogP contribution in [0.1, 0.15) is 78.8 Å². The van der Waals surface area contributed by atoms with Gasteiger partial charge >= 0.3 is 19.4 Å². The minimum Gasteiger partial charge on any atom is -0.381 e. The van der Waals surface area contributed by atoms with Gasteiger partial charge in [0, 0.05) is 78.0 Å².